The van der Waals surface area contributed by atoms with Crippen LogP contribution in [0.5, 0.6) is 0 Å². The standard InChI is InChI=1S/C17H16N2O2S/c1-4-7-19-15-12(3)9-11(2)10-14(15)22-17(19)18-16(20)13-6-5-8-21-13/h4-6,8-10H,1,7H2,2-3H3. The van der Waals surface area contributed by atoms with Gasteiger partial charge in [-0.2, -0.15) is 4.99 Å². The van der Waals surface area contributed by atoms with Crippen molar-refractivity contribution in [2.24, 2.45) is 4.99 Å². The number of allylic oxidation sites excluding steroid dienone is 1. The van der Waals surface area contributed by atoms with Crippen LogP contribution in [-0.2, 0) is 6.54 Å². The lowest BCUT2D eigenvalue weighted by Gasteiger charge is -2.04. The molecule has 4 nitrogen and oxygen atoms in total. The van der Waals surface area contributed by atoms with Crippen molar-refractivity contribution in [3.8, 4) is 0 Å². The molecule has 0 radical (unpaired) electrons. The average Bonchev–Trinajstić information content (AvgIpc) is 3.08. The number of fused-ring (bicyclic) bond motifs is 1. The molecule has 0 spiro atoms. The summed E-state index contributed by atoms with van der Waals surface area (Å²) in [6.07, 6.45) is 3.28. The Morgan fingerprint density at radius 2 is 2.27 bits per heavy atom. The number of benzene rings is 1. The second-order valence-electron chi connectivity index (χ2n) is 5.11. The smallest absolute Gasteiger partial charge is 0.315 e. The zero-order valence-electron chi connectivity index (χ0n) is 12.5. The van der Waals surface area contributed by atoms with Crippen LogP contribution in [0.1, 0.15) is 21.7 Å². The number of furan rings is 1. The summed E-state index contributed by atoms with van der Waals surface area (Å²) >= 11 is 1.50. The molecule has 3 aromatic rings. The Kier molecular flexibility index (Phi) is 3.81. The minimum Gasteiger partial charge on any atom is -0.459 e. The van der Waals surface area contributed by atoms with E-state index in [-0.39, 0.29) is 11.7 Å². The van der Waals surface area contributed by atoms with Crippen LogP contribution in [0.2, 0.25) is 0 Å². The van der Waals surface area contributed by atoms with Gasteiger partial charge >= 0.3 is 5.91 Å². The maximum Gasteiger partial charge on any atom is 0.315 e. The van der Waals surface area contributed by atoms with Gasteiger partial charge < -0.3 is 8.98 Å². The van der Waals surface area contributed by atoms with Gasteiger partial charge in [0, 0.05) is 6.54 Å². The fraction of sp³-hybridized carbons (Fsp3) is 0.176. The quantitative estimate of drug-likeness (QED) is 0.690. The molecule has 0 fully saturated rings. The zero-order valence-corrected chi connectivity index (χ0v) is 13.3. The van der Waals surface area contributed by atoms with E-state index in [1.54, 1.807) is 12.1 Å². The second-order valence-corrected chi connectivity index (χ2v) is 6.12. The van der Waals surface area contributed by atoms with Gasteiger partial charge in [0.15, 0.2) is 10.6 Å². The van der Waals surface area contributed by atoms with Gasteiger partial charge in [0.1, 0.15) is 0 Å². The van der Waals surface area contributed by atoms with Crippen molar-refractivity contribution in [3.63, 3.8) is 0 Å². The summed E-state index contributed by atoms with van der Waals surface area (Å²) in [7, 11) is 0. The van der Waals surface area contributed by atoms with Crippen molar-refractivity contribution in [2.45, 2.75) is 20.4 Å². The molecule has 3 rings (SSSR count). The third-order valence-electron chi connectivity index (χ3n) is 3.35. The maximum atomic E-state index is 12.2. The van der Waals surface area contributed by atoms with Crippen LogP contribution in [0.4, 0.5) is 0 Å². The highest BCUT2D eigenvalue weighted by molar-refractivity contribution is 7.16. The largest absolute Gasteiger partial charge is 0.459 e. The average molecular weight is 312 g/mol. The number of aromatic nitrogens is 1. The molecule has 0 atom stereocenters. The number of carbonyl (C=O) groups excluding carboxylic acids is 1. The van der Waals surface area contributed by atoms with Crippen LogP contribution >= 0.6 is 11.3 Å². The van der Waals surface area contributed by atoms with Crippen molar-refractivity contribution in [3.05, 3.63) is 64.9 Å². The summed E-state index contributed by atoms with van der Waals surface area (Å²) in [4.78, 5) is 17.1. The number of carbonyl (C=O) groups is 1. The normalized spacial score (nSPS) is 12.0. The van der Waals surface area contributed by atoms with Gasteiger partial charge in [0.25, 0.3) is 0 Å². The van der Waals surface area contributed by atoms with E-state index in [2.05, 4.69) is 37.6 Å². The van der Waals surface area contributed by atoms with E-state index in [1.807, 2.05) is 10.6 Å². The number of hydrogen-bond donors (Lipinski definition) is 0. The molecule has 0 aliphatic carbocycles. The fourth-order valence-electron chi connectivity index (χ4n) is 2.52. The Morgan fingerprint density at radius 3 is 2.95 bits per heavy atom. The van der Waals surface area contributed by atoms with Gasteiger partial charge in [0.05, 0.1) is 16.5 Å². The molecule has 0 aliphatic rings. The number of thiazole rings is 1. The number of amides is 1. The van der Waals surface area contributed by atoms with Crippen LogP contribution in [-0.4, -0.2) is 10.5 Å². The molecule has 5 heteroatoms. The first-order valence-electron chi connectivity index (χ1n) is 6.94. The minimum absolute atomic E-state index is 0.246. The Morgan fingerprint density at radius 1 is 1.45 bits per heavy atom. The molecular formula is C17H16N2O2S. The Balaban J connectivity index is 2.24. The highest BCUT2D eigenvalue weighted by Crippen LogP contribution is 2.23. The van der Waals surface area contributed by atoms with Gasteiger partial charge in [0.2, 0.25) is 0 Å². The molecule has 0 N–H and O–H groups in total. The highest BCUT2D eigenvalue weighted by Gasteiger charge is 2.12. The van der Waals surface area contributed by atoms with Gasteiger partial charge in [-0.15, -0.1) is 6.58 Å². The molecule has 0 saturated heterocycles. The van der Waals surface area contributed by atoms with E-state index in [4.69, 9.17) is 4.42 Å². The summed E-state index contributed by atoms with van der Waals surface area (Å²) in [5.41, 5.74) is 3.46. The zero-order chi connectivity index (χ0) is 15.7. The molecule has 0 bridgehead atoms. The summed E-state index contributed by atoms with van der Waals surface area (Å²) in [5.74, 6) is -0.126. The molecule has 1 aromatic carbocycles. The fourth-order valence-corrected chi connectivity index (χ4v) is 3.73. The summed E-state index contributed by atoms with van der Waals surface area (Å²) < 4.78 is 8.25. The lowest BCUT2D eigenvalue weighted by atomic mass is 10.1. The molecule has 0 unspecified atom stereocenters. The van der Waals surface area contributed by atoms with Crippen molar-refractivity contribution in [2.75, 3.05) is 0 Å². The van der Waals surface area contributed by atoms with Gasteiger partial charge in [-0.25, -0.2) is 0 Å². The topological polar surface area (TPSA) is 47.5 Å². The van der Waals surface area contributed by atoms with E-state index in [9.17, 15) is 4.79 Å². The molecule has 2 heterocycles. The lowest BCUT2D eigenvalue weighted by Crippen LogP contribution is -2.16. The predicted molar refractivity (Wildman–Crippen MR) is 88.1 cm³/mol. The minimum atomic E-state index is -0.372. The van der Waals surface area contributed by atoms with Gasteiger partial charge in [-0.05, 0) is 43.2 Å². The van der Waals surface area contributed by atoms with Crippen LogP contribution < -0.4 is 4.80 Å². The Labute approximate surface area is 132 Å². The van der Waals surface area contributed by atoms with Crippen LogP contribution in [0.25, 0.3) is 10.2 Å². The molecule has 0 saturated carbocycles. The van der Waals surface area contributed by atoms with Crippen LogP contribution in [0.15, 0.2) is 52.6 Å². The summed E-state index contributed by atoms with van der Waals surface area (Å²) in [5, 5.41) is 0. The number of aryl methyl sites for hydroxylation is 2. The number of hydrogen-bond acceptors (Lipinski definition) is 3. The SMILES string of the molecule is C=CCn1c(=NC(=O)c2ccco2)sc2cc(C)cc(C)c21. The third-order valence-corrected chi connectivity index (χ3v) is 4.38. The van der Waals surface area contributed by atoms with E-state index >= 15 is 0 Å². The Bertz CT molecular complexity index is 914. The lowest BCUT2D eigenvalue weighted by molar-refractivity contribution is 0.0971. The van der Waals surface area contributed by atoms with Crippen molar-refractivity contribution in [1.29, 1.82) is 0 Å². The molecule has 1 amide bonds. The van der Waals surface area contributed by atoms with Crippen molar-refractivity contribution < 1.29 is 9.21 Å². The molecule has 2 aromatic heterocycles. The van der Waals surface area contributed by atoms with Crippen molar-refractivity contribution in [1.82, 2.24) is 4.57 Å². The first-order valence-corrected chi connectivity index (χ1v) is 7.76. The number of nitrogens with zero attached hydrogens (tertiary/aromatic N) is 2. The molecule has 22 heavy (non-hydrogen) atoms. The first kappa shape index (κ1) is 14.5. The first-order chi connectivity index (χ1) is 10.6. The number of rotatable bonds is 3. The Hall–Kier alpha value is -2.40. The predicted octanol–water partition coefficient (Wildman–Crippen LogP) is 3.84. The third kappa shape index (κ3) is 2.55. The van der Waals surface area contributed by atoms with E-state index in [0.717, 1.165) is 10.2 Å². The van der Waals surface area contributed by atoms with E-state index in [0.29, 0.717) is 11.3 Å². The molecule has 0 aliphatic heterocycles. The van der Waals surface area contributed by atoms with Gasteiger partial charge in [-0.1, -0.05) is 23.5 Å². The van der Waals surface area contributed by atoms with E-state index in [1.165, 1.54) is 28.7 Å². The summed E-state index contributed by atoms with van der Waals surface area (Å²) in [6, 6.07) is 7.54. The van der Waals surface area contributed by atoms with Crippen LogP contribution in [0.3, 0.4) is 0 Å². The highest BCUT2D eigenvalue weighted by atomic mass is 32.1. The maximum absolute atomic E-state index is 12.2. The monoisotopic (exact) mass is 312 g/mol. The van der Waals surface area contributed by atoms with Crippen molar-refractivity contribution >= 4 is 27.5 Å². The molecular weight excluding hydrogens is 296 g/mol. The van der Waals surface area contributed by atoms with Crippen LogP contribution in [0, 0.1) is 13.8 Å². The van der Waals surface area contributed by atoms with Gasteiger partial charge in [-0.3, -0.25) is 4.79 Å². The second kappa shape index (κ2) is 5.77. The summed E-state index contributed by atoms with van der Waals surface area (Å²) in [6.45, 7) is 8.54. The van der Waals surface area contributed by atoms with E-state index < -0.39 is 0 Å². The molecule has 112 valence electrons.